The first kappa shape index (κ1) is 15.1. The van der Waals surface area contributed by atoms with Gasteiger partial charge in [-0.1, -0.05) is 6.07 Å². The van der Waals surface area contributed by atoms with E-state index < -0.39 is 0 Å². The van der Waals surface area contributed by atoms with E-state index in [-0.39, 0.29) is 11.6 Å². The largest absolute Gasteiger partial charge is 0.490 e. The Hall–Kier alpha value is -1.26. The van der Waals surface area contributed by atoms with Crippen molar-refractivity contribution < 1.29 is 14.2 Å². The maximum atomic E-state index is 6.40. The van der Waals surface area contributed by atoms with Crippen LogP contribution in [0.15, 0.2) is 18.2 Å². The Bertz CT molecular complexity index is 441. The summed E-state index contributed by atoms with van der Waals surface area (Å²) in [5.74, 6) is 1.52. The van der Waals surface area contributed by atoms with Gasteiger partial charge in [0.05, 0.1) is 24.9 Å². The molecule has 20 heavy (non-hydrogen) atoms. The number of ether oxygens (including phenoxy) is 3. The van der Waals surface area contributed by atoms with Crippen LogP contribution < -0.4 is 15.2 Å². The van der Waals surface area contributed by atoms with Crippen molar-refractivity contribution >= 4 is 0 Å². The van der Waals surface area contributed by atoms with Crippen LogP contribution in [0.2, 0.25) is 0 Å². The quantitative estimate of drug-likeness (QED) is 0.869. The van der Waals surface area contributed by atoms with Gasteiger partial charge >= 0.3 is 0 Å². The smallest absolute Gasteiger partial charge is 0.161 e. The van der Waals surface area contributed by atoms with Crippen LogP contribution >= 0.6 is 0 Å². The molecule has 0 spiro atoms. The molecule has 2 N–H and O–H groups in total. The van der Waals surface area contributed by atoms with Gasteiger partial charge in [0.1, 0.15) is 0 Å². The van der Waals surface area contributed by atoms with E-state index in [2.05, 4.69) is 6.92 Å². The van der Waals surface area contributed by atoms with Crippen LogP contribution in [0.1, 0.15) is 45.2 Å². The summed E-state index contributed by atoms with van der Waals surface area (Å²) in [5, 5.41) is 0. The van der Waals surface area contributed by atoms with Gasteiger partial charge in [-0.25, -0.2) is 0 Å². The SMILES string of the molecule is CCOc1ccc(C(N)C2(C)CCCO2)cc1OCC. The minimum Gasteiger partial charge on any atom is -0.490 e. The first-order chi connectivity index (χ1) is 9.60. The summed E-state index contributed by atoms with van der Waals surface area (Å²) in [6.07, 6.45) is 2.06. The Morgan fingerprint density at radius 2 is 1.95 bits per heavy atom. The molecular weight excluding hydrogens is 254 g/mol. The van der Waals surface area contributed by atoms with Gasteiger partial charge < -0.3 is 19.9 Å². The second-order valence-electron chi connectivity index (χ2n) is 5.31. The molecule has 0 aliphatic carbocycles. The van der Waals surface area contributed by atoms with E-state index in [4.69, 9.17) is 19.9 Å². The number of rotatable bonds is 6. The minimum absolute atomic E-state index is 0.153. The molecule has 0 radical (unpaired) electrons. The lowest BCUT2D eigenvalue weighted by Crippen LogP contribution is -2.37. The summed E-state index contributed by atoms with van der Waals surface area (Å²) in [5.41, 5.74) is 7.15. The highest BCUT2D eigenvalue weighted by Crippen LogP contribution is 2.38. The molecule has 1 heterocycles. The Morgan fingerprint density at radius 1 is 1.25 bits per heavy atom. The van der Waals surface area contributed by atoms with E-state index in [1.54, 1.807) is 0 Å². The van der Waals surface area contributed by atoms with Gasteiger partial charge in [0.2, 0.25) is 0 Å². The molecule has 0 bridgehead atoms. The molecule has 0 aromatic heterocycles. The average molecular weight is 279 g/mol. The minimum atomic E-state index is -0.281. The third-order valence-corrected chi connectivity index (χ3v) is 3.83. The van der Waals surface area contributed by atoms with Crippen molar-refractivity contribution in [1.82, 2.24) is 0 Å². The molecule has 1 aromatic rings. The number of hydrogen-bond acceptors (Lipinski definition) is 4. The fourth-order valence-electron chi connectivity index (χ4n) is 2.66. The normalized spacial score (nSPS) is 23.6. The van der Waals surface area contributed by atoms with Crippen molar-refractivity contribution in [3.63, 3.8) is 0 Å². The predicted molar refractivity (Wildman–Crippen MR) is 79.3 cm³/mol. The summed E-state index contributed by atoms with van der Waals surface area (Å²) in [6, 6.07) is 5.76. The average Bonchev–Trinajstić information content (AvgIpc) is 2.89. The lowest BCUT2D eigenvalue weighted by atomic mass is 9.88. The van der Waals surface area contributed by atoms with Crippen molar-refractivity contribution in [3.05, 3.63) is 23.8 Å². The van der Waals surface area contributed by atoms with Crippen LogP contribution in [0.3, 0.4) is 0 Å². The molecule has 4 heteroatoms. The van der Waals surface area contributed by atoms with E-state index >= 15 is 0 Å². The molecule has 0 amide bonds. The zero-order valence-corrected chi connectivity index (χ0v) is 12.6. The third kappa shape index (κ3) is 3.07. The van der Waals surface area contributed by atoms with Gasteiger partial charge in [-0.2, -0.15) is 0 Å². The van der Waals surface area contributed by atoms with Gasteiger partial charge in [0.15, 0.2) is 11.5 Å². The molecule has 1 fully saturated rings. The second kappa shape index (κ2) is 6.46. The molecule has 2 atom stereocenters. The van der Waals surface area contributed by atoms with Crippen LogP contribution in [0.4, 0.5) is 0 Å². The van der Waals surface area contributed by atoms with Gasteiger partial charge in [-0.3, -0.25) is 0 Å². The maximum absolute atomic E-state index is 6.40. The fourth-order valence-corrected chi connectivity index (χ4v) is 2.66. The highest BCUT2D eigenvalue weighted by Gasteiger charge is 2.37. The van der Waals surface area contributed by atoms with Crippen molar-refractivity contribution in [1.29, 1.82) is 0 Å². The van der Waals surface area contributed by atoms with E-state index in [1.165, 1.54) is 0 Å². The molecule has 1 aliphatic rings. The van der Waals surface area contributed by atoms with Crippen LogP contribution in [0.5, 0.6) is 11.5 Å². The highest BCUT2D eigenvalue weighted by molar-refractivity contribution is 5.44. The van der Waals surface area contributed by atoms with Gasteiger partial charge in [0.25, 0.3) is 0 Å². The van der Waals surface area contributed by atoms with Crippen LogP contribution in [0.25, 0.3) is 0 Å². The first-order valence-corrected chi connectivity index (χ1v) is 7.39. The van der Waals surface area contributed by atoms with Gasteiger partial charge in [0, 0.05) is 6.61 Å². The lowest BCUT2D eigenvalue weighted by molar-refractivity contribution is -0.00179. The molecule has 1 aliphatic heterocycles. The molecule has 1 aromatic carbocycles. The van der Waals surface area contributed by atoms with E-state index in [1.807, 2.05) is 32.0 Å². The maximum Gasteiger partial charge on any atom is 0.161 e. The molecule has 2 unspecified atom stereocenters. The number of hydrogen-bond donors (Lipinski definition) is 1. The molecule has 112 valence electrons. The Kier molecular flexibility index (Phi) is 4.89. The summed E-state index contributed by atoms with van der Waals surface area (Å²) in [6.45, 7) is 8.02. The second-order valence-corrected chi connectivity index (χ2v) is 5.31. The molecule has 4 nitrogen and oxygen atoms in total. The first-order valence-electron chi connectivity index (χ1n) is 7.39. The van der Waals surface area contributed by atoms with E-state index in [0.717, 1.165) is 36.5 Å². The molecule has 1 saturated heterocycles. The highest BCUT2D eigenvalue weighted by atomic mass is 16.5. The standard InChI is InChI=1S/C16H25NO3/c1-4-18-13-8-7-12(11-14(13)19-5-2)15(17)16(3)9-6-10-20-16/h7-8,11,15H,4-6,9-10,17H2,1-3H3. The van der Waals surface area contributed by atoms with Crippen molar-refractivity contribution in [3.8, 4) is 11.5 Å². The van der Waals surface area contributed by atoms with Crippen molar-refractivity contribution in [2.45, 2.75) is 45.3 Å². The van der Waals surface area contributed by atoms with Crippen molar-refractivity contribution in [2.75, 3.05) is 19.8 Å². The van der Waals surface area contributed by atoms with Crippen molar-refractivity contribution in [2.24, 2.45) is 5.73 Å². The zero-order chi connectivity index (χ0) is 14.6. The summed E-state index contributed by atoms with van der Waals surface area (Å²) >= 11 is 0. The van der Waals surface area contributed by atoms with Gasteiger partial charge in [-0.15, -0.1) is 0 Å². The van der Waals surface area contributed by atoms with E-state index in [9.17, 15) is 0 Å². The Labute approximate surface area is 121 Å². The van der Waals surface area contributed by atoms with Crippen LogP contribution in [-0.2, 0) is 4.74 Å². The van der Waals surface area contributed by atoms with E-state index in [0.29, 0.717) is 13.2 Å². The van der Waals surface area contributed by atoms with Crippen LogP contribution in [0, 0.1) is 0 Å². The molecular formula is C16H25NO3. The van der Waals surface area contributed by atoms with Crippen LogP contribution in [-0.4, -0.2) is 25.4 Å². The summed E-state index contributed by atoms with van der Waals surface area (Å²) in [7, 11) is 0. The Morgan fingerprint density at radius 3 is 2.55 bits per heavy atom. The summed E-state index contributed by atoms with van der Waals surface area (Å²) < 4.78 is 17.1. The predicted octanol–water partition coefficient (Wildman–Crippen LogP) is 3.05. The third-order valence-electron chi connectivity index (χ3n) is 3.83. The summed E-state index contributed by atoms with van der Waals surface area (Å²) in [4.78, 5) is 0. The number of nitrogens with two attached hydrogens (primary N) is 1. The monoisotopic (exact) mass is 279 g/mol. The number of benzene rings is 1. The zero-order valence-electron chi connectivity index (χ0n) is 12.6. The van der Waals surface area contributed by atoms with Gasteiger partial charge in [-0.05, 0) is 51.3 Å². The topological polar surface area (TPSA) is 53.7 Å². The molecule has 0 saturated carbocycles. The lowest BCUT2D eigenvalue weighted by Gasteiger charge is -2.31. The molecule has 2 rings (SSSR count). The Balaban J connectivity index is 2.25. The fraction of sp³-hybridized carbons (Fsp3) is 0.625.